The molecule has 0 unspecified atom stereocenters. The first-order valence-corrected chi connectivity index (χ1v) is 7.57. The summed E-state index contributed by atoms with van der Waals surface area (Å²) in [7, 11) is 3.38. The number of hydrogen-bond acceptors (Lipinski definition) is 2. The number of hydrogen-bond donors (Lipinski definition) is 0. The maximum absolute atomic E-state index is 5.29. The summed E-state index contributed by atoms with van der Waals surface area (Å²) in [5.74, 6) is 8.24. The van der Waals surface area contributed by atoms with E-state index in [1.165, 1.54) is 8.92 Å². The predicted molar refractivity (Wildman–Crippen MR) is 77.0 cm³/mol. The fraction of sp³-hybridized carbons (Fsp3) is 0.125. The quantitative estimate of drug-likeness (QED) is 0.520. The van der Waals surface area contributed by atoms with Crippen molar-refractivity contribution in [3.63, 3.8) is 0 Å². The Balaban J connectivity index is 2.10. The molecule has 3 heteroatoms. The van der Waals surface area contributed by atoms with E-state index in [0.717, 1.165) is 22.6 Å². The van der Waals surface area contributed by atoms with Crippen LogP contribution < -0.4 is 18.4 Å². The molecule has 0 N–H and O–H groups in total. The molecule has 2 aromatic carbocycles. The van der Waals surface area contributed by atoms with E-state index in [9.17, 15) is 0 Å². The van der Waals surface area contributed by atoms with Crippen LogP contribution in [0.15, 0.2) is 36.4 Å². The van der Waals surface area contributed by atoms with Gasteiger partial charge in [0.2, 0.25) is 0 Å². The molecule has 2 nitrogen and oxygen atoms in total. The molecule has 3 rings (SSSR count). The van der Waals surface area contributed by atoms with Crippen LogP contribution in [0.4, 0.5) is 0 Å². The summed E-state index contributed by atoms with van der Waals surface area (Å²) in [6.45, 7) is 0. The minimum atomic E-state index is 0.199. The topological polar surface area (TPSA) is 18.5 Å². The van der Waals surface area contributed by atoms with Crippen molar-refractivity contribution in [2.24, 2.45) is 0 Å². The first-order valence-electron chi connectivity index (χ1n) is 5.86. The van der Waals surface area contributed by atoms with Crippen molar-refractivity contribution in [2.75, 3.05) is 14.2 Å². The monoisotopic (exact) mass is 316 g/mol. The summed E-state index contributed by atoms with van der Waals surface area (Å²) in [5.41, 5.74) is 2.19. The van der Waals surface area contributed by atoms with Crippen LogP contribution in [0.3, 0.4) is 0 Å². The van der Waals surface area contributed by atoms with Gasteiger partial charge in [0.05, 0.1) is 0 Å². The Labute approximate surface area is 118 Å². The SMILES string of the molecule is COc1ccc2c(c1)[Se]c1cc(OC)ccc1C#C2. The van der Waals surface area contributed by atoms with Crippen LogP contribution in [0.2, 0.25) is 0 Å². The van der Waals surface area contributed by atoms with Crippen LogP contribution in [0.1, 0.15) is 11.1 Å². The van der Waals surface area contributed by atoms with E-state index in [0.29, 0.717) is 0 Å². The molecule has 94 valence electrons. The van der Waals surface area contributed by atoms with Gasteiger partial charge >= 0.3 is 118 Å². The van der Waals surface area contributed by atoms with E-state index in [1.54, 1.807) is 14.2 Å². The van der Waals surface area contributed by atoms with E-state index in [-0.39, 0.29) is 15.0 Å². The number of rotatable bonds is 2. The maximum atomic E-state index is 5.29. The molecule has 0 amide bonds. The molecule has 0 fully saturated rings. The van der Waals surface area contributed by atoms with Crippen molar-refractivity contribution in [1.82, 2.24) is 0 Å². The molecule has 19 heavy (non-hydrogen) atoms. The number of ether oxygens (including phenoxy) is 2. The molecule has 0 saturated carbocycles. The molecule has 0 saturated heterocycles. The van der Waals surface area contributed by atoms with Gasteiger partial charge in [-0.25, -0.2) is 0 Å². The Bertz CT molecular complexity index is 638. The number of methoxy groups -OCH3 is 2. The van der Waals surface area contributed by atoms with E-state index in [2.05, 4.69) is 24.0 Å². The van der Waals surface area contributed by atoms with Gasteiger partial charge in [-0.3, -0.25) is 0 Å². The standard InChI is InChI=1S/C16H12O2Se/c1-17-13-7-5-11-3-4-12-6-8-14(18-2)10-16(12)19-15(11)9-13/h5-10H,1-2H3. The van der Waals surface area contributed by atoms with Crippen LogP contribution in [0, 0.1) is 11.8 Å². The third kappa shape index (κ3) is 2.33. The van der Waals surface area contributed by atoms with Gasteiger partial charge < -0.3 is 0 Å². The summed E-state index contributed by atoms with van der Waals surface area (Å²) in [6, 6.07) is 12.1. The van der Waals surface area contributed by atoms with Crippen molar-refractivity contribution >= 4 is 23.9 Å². The van der Waals surface area contributed by atoms with Gasteiger partial charge in [-0.15, -0.1) is 0 Å². The molecule has 2 aromatic rings. The summed E-state index contributed by atoms with van der Waals surface area (Å²) < 4.78 is 13.1. The van der Waals surface area contributed by atoms with Crippen molar-refractivity contribution in [3.8, 4) is 23.3 Å². The second kappa shape index (κ2) is 5.01. The molecular weight excluding hydrogens is 303 g/mol. The third-order valence-corrected chi connectivity index (χ3v) is 5.27. The molecule has 1 aliphatic rings. The molecule has 0 atom stereocenters. The fourth-order valence-electron chi connectivity index (χ4n) is 1.89. The van der Waals surface area contributed by atoms with Crippen molar-refractivity contribution in [1.29, 1.82) is 0 Å². The molecule has 0 radical (unpaired) electrons. The zero-order chi connectivity index (χ0) is 13.2. The van der Waals surface area contributed by atoms with Crippen LogP contribution in [-0.4, -0.2) is 29.2 Å². The molecule has 0 aromatic heterocycles. The Morgan fingerprint density at radius 2 is 1.26 bits per heavy atom. The average molecular weight is 315 g/mol. The first-order chi connectivity index (χ1) is 9.30. The molecule has 0 spiro atoms. The summed E-state index contributed by atoms with van der Waals surface area (Å²) in [4.78, 5) is 0. The molecular formula is C16H12O2Se. The minimum absolute atomic E-state index is 0.199. The van der Waals surface area contributed by atoms with Crippen molar-refractivity contribution in [3.05, 3.63) is 47.5 Å². The predicted octanol–water partition coefficient (Wildman–Crippen LogP) is 1.07. The van der Waals surface area contributed by atoms with Crippen molar-refractivity contribution < 1.29 is 9.47 Å². The van der Waals surface area contributed by atoms with E-state index in [4.69, 9.17) is 9.47 Å². The average Bonchev–Trinajstić information content (AvgIpc) is 2.64. The second-order valence-corrected chi connectivity index (χ2v) is 6.35. The Morgan fingerprint density at radius 3 is 1.68 bits per heavy atom. The molecule has 1 aliphatic heterocycles. The van der Waals surface area contributed by atoms with E-state index >= 15 is 0 Å². The zero-order valence-corrected chi connectivity index (χ0v) is 12.4. The van der Waals surface area contributed by atoms with Crippen LogP contribution >= 0.6 is 0 Å². The van der Waals surface area contributed by atoms with Gasteiger partial charge in [-0.2, -0.15) is 0 Å². The van der Waals surface area contributed by atoms with E-state index in [1.807, 2.05) is 24.3 Å². The summed E-state index contributed by atoms with van der Waals surface area (Å²) in [6.07, 6.45) is 0. The third-order valence-electron chi connectivity index (χ3n) is 2.93. The van der Waals surface area contributed by atoms with E-state index < -0.39 is 0 Å². The van der Waals surface area contributed by atoms with Crippen molar-refractivity contribution in [2.45, 2.75) is 0 Å². The summed E-state index contributed by atoms with van der Waals surface area (Å²) in [5, 5.41) is 0. The molecule has 1 heterocycles. The Hall–Kier alpha value is -1.88. The van der Waals surface area contributed by atoms with Gasteiger partial charge in [0.1, 0.15) is 0 Å². The second-order valence-electron chi connectivity index (χ2n) is 4.08. The van der Waals surface area contributed by atoms with Gasteiger partial charge in [0.15, 0.2) is 0 Å². The Kier molecular flexibility index (Phi) is 3.21. The van der Waals surface area contributed by atoms with Crippen LogP contribution in [0.25, 0.3) is 0 Å². The van der Waals surface area contributed by atoms with Crippen LogP contribution in [-0.2, 0) is 0 Å². The molecule has 0 aliphatic carbocycles. The molecule has 0 bridgehead atoms. The van der Waals surface area contributed by atoms with Crippen LogP contribution in [0.5, 0.6) is 11.5 Å². The first kappa shape index (κ1) is 12.2. The fourth-order valence-corrected chi connectivity index (χ4v) is 4.08. The summed E-state index contributed by atoms with van der Waals surface area (Å²) >= 11 is 0.199. The normalized spacial score (nSPS) is 11.5. The van der Waals surface area contributed by atoms with Gasteiger partial charge in [0.25, 0.3) is 0 Å². The number of benzene rings is 2. The van der Waals surface area contributed by atoms with Gasteiger partial charge in [-0.05, 0) is 0 Å². The Morgan fingerprint density at radius 1 is 0.789 bits per heavy atom. The zero-order valence-electron chi connectivity index (χ0n) is 10.7. The number of fused-ring (bicyclic) bond motifs is 2. The van der Waals surface area contributed by atoms with Gasteiger partial charge in [0, 0.05) is 0 Å². The van der Waals surface area contributed by atoms with Gasteiger partial charge in [-0.1, -0.05) is 0 Å².